The number of rotatable bonds is 5. The van der Waals surface area contributed by atoms with Crippen molar-refractivity contribution >= 4 is 11.9 Å². The van der Waals surface area contributed by atoms with Gasteiger partial charge in [-0.1, -0.05) is 18.1 Å². The monoisotopic (exact) mass is 293 g/mol. The van der Waals surface area contributed by atoms with Gasteiger partial charge in [-0.2, -0.15) is 0 Å². The Morgan fingerprint density at radius 2 is 2.05 bits per heavy atom. The van der Waals surface area contributed by atoms with Crippen LogP contribution in [0.15, 0.2) is 6.20 Å². The lowest BCUT2D eigenvalue weighted by Crippen LogP contribution is -2.52. The number of nitrogens with one attached hydrogen (secondary N) is 1. The molecule has 2 fully saturated rings. The van der Waals surface area contributed by atoms with Gasteiger partial charge in [-0.25, -0.2) is 9.48 Å². The van der Waals surface area contributed by atoms with Crippen molar-refractivity contribution in [2.24, 2.45) is 0 Å². The molecule has 114 valence electrons. The molecule has 0 radical (unpaired) electrons. The van der Waals surface area contributed by atoms with Crippen LogP contribution in [0, 0.1) is 0 Å². The molecule has 0 spiro atoms. The highest BCUT2D eigenvalue weighted by Crippen LogP contribution is 2.20. The molecule has 0 unspecified atom stereocenters. The number of likely N-dealkylation sites (tertiary alicyclic amines) is 1. The molecule has 8 nitrogen and oxygen atoms in total. The van der Waals surface area contributed by atoms with Gasteiger partial charge in [0.2, 0.25) is 5.91 Å². The molecule has 0 aromatic carbocycles. The summed E-state index contributed by atoms with van der Waals surface area (Å²) >= 11 is 0. The van der Waals surface area contributed by atoms with E-state index in [2.05, 4.69) is 15.6 Å². The second-order valence-electron chi connectivity index (χ2n) is 5.79. The van der Waals surface area contributed by atoms with E-state index in [1.165, 1.54) is 19.0 Å². The van der Waals surface area contributed by atoms with E-state index in [1.807, 2.05) is 4.90 Å². The summed E-state index contributed by atoms with van der Waals surface area (Å²) in [6.07, 6.45) is 6.02. The molecule has 1 saturated carbocycles. The smallest absolute Gasteiger partial charge is 0.358 e. The van der Waals surface area contributed by atoms with Crippen LogP contribution >= 0.6 is 0 Å². The molecule has 1 aliphatic heterocycles. The van der Waals surface area contributed by atoms with Crippen molar-refractivity contribution in [1.29, 1.82) is 0 Å². The molecule has 1 aliphatic carbocycles. The van der Waals surface area contributed by atoms with Crippen molar-refractivity contribution < 1.29 is 14.7 Å². The van der Waals surface area contributed by atoms with E-state index in [0.29, 0.717) is 25.7 Å². The molecule has 3 rings (SSSR count). The van der Waals surface area contributed by atoms with Crippen molar-refractivity contribution in [3.8, 4) is 0 Å². The summed E-state index contributed by atoms with van der Waals surface area (Å²) in [5.41, 5.74) is -0.0487. The minimum Gasteiger partial charge on any atom is -0.476 e. The zero-order valence-corrected chi connectivity index (χ0v) is 11.7. The molecular weight excluding hydrogens is 274 g/mol. The van der Waals surface area contributed by atoms with Crippen LogP contribution in [0.3, 0.4) is 0 Å². The lowest BCUT2D eigenvalue weighted by Gasteiger charge is -2.38. The van der Waals surface area contributed by atoms with Crippen LogP contribution in [0.1, 0.15) is 42.2 Å². The van der Waals surface area contributed by atoms with Crippen LogP contribution in [0.5, 0.6) is 0 Å². The number of carboxylic acid groups (broad SMARTS) is 1. The number of hydrogen-bond acceptors (Lipinski definition) is 5. The highest BCUT2D eigenvalue weighted by molar-refractivity contribution is 5.84. The number of aromatic carboxylic acids is 1. The van der Waals surface area contributed by atoms with Crippen LogP contribution in [0.25, 0.3) is 0 Å². The van der Waals surface area contributed by atoms with Gasteiger partial charge in [0.1, 0.15) is 0 Å². The first kappa shape index (κ1) is 14.0. The summed E-state index contributed by atoms with van der Waals surface area (Å²) in [5.74, 6) is -1.00. The van der Waals surface area contributed by atoms with E-state index < -0.39 is 5.97 Å². The molecule has 0 atom stereocenters. The summed E-state index contributed by atoms with van der Waals surface area (Å²) in [7, 11) is 0. The number of aromatic nitrogens is 3. The van der Waals surface area contributed by atoms with Gasteiger partial charge in [0.25, 0.3) is 0 Å². The van der Waals surface area contributed by atoms with Crippen molar-refractivity contribution in [3.63, 3.8) is 0 Å². The standard InChI is InChI=1S/C13H19N5O3/c19-12(14-9-3-1-2-4-9)8-17-5-10(6-17)18-7-11(13(20)21)15-16-18/h7,9-10H,1-6,8H2,(H,14,19)(H,20,21). The quantitative estimate of drug-likeness (QED) is 0.786. The molecule has 1 aromatic heterocycles. The fraction of sp³-hybridized carbons (Fsp3) is 0.692. The van der Waals surface area contributed by atoms with Crippen LogP contribution in [-0.4, -0.2) is 62.6 Å². The van der Waals surface area contributed by atoms with E-state index in [0.717, 1.165) is 12.8 Å². The number of carbonyl (C=O) groups is 2. The number of carbonyl (C=O) groups excluding carboxylic acids is 1. The third-order valence-electron chi connectivity index (χ3n) is 4.13. The maximum absolute atomic E-state index is 11.9. The minimum absolute atomic E-state index is 0.0487. The largest absolute Gasteiger partial charge is 0.476 e. The van der Waals surface area contributed by atoms with Crippen LogP contribution in [0.4, 0.5) is 0 Å². The Bertz CT molecular complexity index is 532. The Morgan fingerprint density at radius 1 is 1.33 bits per heavy atom. The van der Waals surface area contributed by atoms with Gasteiger partial charge in [0, 0.05) is 19.1 Å². The average Bonchev–Trinajstić information content (AvgIpc) is 3.03. The van der Waals surface area contributed by atoms with Gasteiger partial charge in [-0.3, -0.25) is 9.69 Å². The molecule has 1 amide bonds. The Morgan fingerprint density at radius 3 is 2.67 bits per heavy atom. The number of carboxylic acids is 1. The summed E-state index contributed by atoms with van der Waals surface area (Å²) in [6.45, 7) is 1.79. The Kier molecular flexibility index (Phi) is 3.87. The molecule has 1 aromatic rings. The van der Waals surface area contributed by atoms with Gasteiger partial charge < -0.3 is 10.4 Å². The molecule has 8 heteroatoms. The molecule has 2 aliphatic rings. The van der Waals surface area contributed by atoms with Crippen molar-refractivity contribution in [3.05, 3.63) is 11.9 Å². The maximum Gasteiger partial charge on any atom is 0.358 e. The highest BCUT2D eigenvalue weighted by atomic mass is 16.4. The highest BCUT2D eigenvalue weighted by Gasteiger charge is 2.31. The molecule has 2 heterocycles. The Labute approximate surface area is 122 Å². The predicted octanol–water partition coefficient (Wildman–Crippen LogP) is -0.108. The topological polar surface area (TPSA) is 100 Å². The van der Waals surface area contributed by atoms with Gasteiger partial charge in [-0.05, 0) is 12.8 Å². The number of hydrogen-bond donors (Lipinski definition) is 2. The summed E-state index contributed by atoms with van der Waals surface area (Å²) in [5, 5.41) is 19.3. The molecule has 2 N–H and O–H groups in total. The van der Waals surface area contributed by atoms with Gasteiger partial charge in [0.05, 0.1) is 18.8 Å². The van der Waals surface area contributed by atoms with Crippen molar-refractivity contribution in [1.82, 2.24) is 25.2 Å². The molecule has 1 saturated heterocycles. The normalized spacial score (nSPS) is 20.4. The zero-order valence-electron chi connectivity index (χ0n) is 11.7. The SMILES string of the molecule is O=C(CN1CC(n2cc(C(=O)O)nn2)C1)NC1CCCC1. The first-order valence-corrected chi connectivity index (χ1v) is 7.28. The first-order chi connectivity index (χ1) is 10.1. The van der Waals surface area contributed by atoms with E-state index in [4.69, 9.17) is 5.11 Å². The van der Waals surface area contributed by atoms with Crippen LogP contribution in [0.2, 0.25) is 0 Å². The van der Waals surface area contributed by atoms with Crippen LogP contribution in [-0.2, 0) is 4.79 Å². The molecule has 0 bridgehead atoms. The summed E-state index contributed by atoms with van der Waals surface area (Å²) < 4.78 is 1.56. The molecular formula is C13H19N5O3. The fourth-order valence-electron chi connectivity index (χ4n) is 2.94. The lowest BCUT2D eigenvalue weighted by atomic mass is 10.1. The van der Waals surface area contributed by atoms with E-state index in [1.54, 1.807) is 4.68 Å². The van der Waals surface area contributed by atoms with Gasteiger partial charge in [-0.15, -0.1) is 5.10 Å². The molecule has 21 heavy (non-hydrogen) atoms. The van der Waals surface area contributed by atoms with E-state index in [9.17, 15) is 9.59 Å². The lowest BCUT2D eigenvalue weighted by molar-refractivity contribution is -0.124. The summed E-state index contributed by atoms with van der Waals surface area (Å²) in [4.78, 5) is 24.6. The van der Waals surface area contributed by atoms with Gasteiger partial charge in [0.15, 0.2) is 5.69 Å². The number of amides is 1. The second kappa shape index (κ2) is 5.80. The van der Waals surface area contributed by atoms with Crippen LogP contribution < -0.4 is 5.32 Å². The Hall–Kier alpha value is -1.96. The average molecular weight is 293 g/mol. The zero-order chi connectivity index (χ0) is 14.8. The van der Waals surface area contributed by atoms with Crippen molar-refractivity contribution in [2.45, 2.75) is 37.8 Å². The summed E-state index contributed by atoms with van der Waals surface area (Å²) in [6, 6.07) is 0.452. The second-order valence-corrected chi connectivity index (χ2v) is 5.79. The van der Waals surface area contributed by atoms with E-state index >= 15 is 0 Å². The maximum atomic E-state index is 11.9. The van der Waals surface area contributed by atoms with E-state index in [-0.39, 0.29) is 17.6 Å². The fourth-order valence-corrected chi connectivity index (χ4v) is 2.94. The van der Waals surface area contributed by atoms with Gasteiger partial charge >= 0.3 is 5.97 Å². The number of nitrogens with zero attached hydrogens (tertiary/aromatic N) is 4. The third kappa shape index (κ3) is 3.21. The Balaban J connectivity index is 1.42. The third-order valence-corrected chi connectivity index (χ3v) is 4.13. The van der Waals surface area contributed by atoms with Crippen molar-refractivity contribution in [2.75, 3.05) is 19.6 Å². The first-order valence-electron chi connectivity index (χ1n) is 7.28. The predicted molar refractivity (Wildman–Crippen MR) is 72.9 cm³/mol. The minimum atomic E-state index is -1.08.